The minimum Gasteiger partial charge on any atom is -0.480 e. The van der Waals surface area contributed by atoms with Crippen LogP contribution in [0.15, 0.2) is 18.2 Å². The van der Waals surface area contributed by atoms with Crippen LogP contribution in [0.1, 0.15) is 16.8 Å². The molecule has 5 nitrogen and oxygen atoms in total. The third-order valence-corrected chi connectivity index (χ3v) is 3.30. The smallest absolute Gasteiger partial charge is 0.326 e. The molecule has 0 spiro atoms. The Hall–Kier alpha value is -1.66. The predicted octanol–water partition coefficient (Wildman–Crippen LogP) is 1.14. The van der Waals surface area contributed by atoms with Gasteiger partial charge in [-0.2, -0.15) is 0 Å². The Kier molecular flexibility index (Phi) is 3.73. The average Bonchev–Trinajstić information content (AvgIpc) is 2.74. The number of aliphatic carboxylic acids is 1. The van der Waals surface area contributed by atoms with Crippen LogP contribution < -0.4 is 0 Å². The molecule has 0 bridgehead atoms. The first-order valence-corrected chi connectivity index (χ1v) is 5.95. The highest BCUT2D eigenvalue weighted by Crippen LogP contribution is 2.23. The van der Waals surface area contributed by atoms with Gasteiger partial charge in [-0.1, -0.05) is 11.6 Å². The predicted molar refractivity (Wildman–Crippen MR) is 64.5 cm³/mol. The highest BCUT2D eigenvalue weighted by atomic mass is 35.5. The average molecular weight is 288 g/mol. The summed E-state index contributed by atoms with van der Waals surface area (Å²) in [6.45, 7) is -0.0833. The van der Waals surface area contributed by atoms with Crippen molar-refractivity contribution in [2.24, 2.45) is 0 Å². The molecule has 1 aliphatic heterocycles. The molecule has 0 aliphatic carbocycles. The molecule has 1 amide bonds. The molecule has 1 saturated heterocycles. The second kappa shape index (κ2) is 5.14. The van der Waals surface area contributed by atoms with Crippen LogP contribution in [-0.4, -0.2) is 45.7 Å². The Labute approximate surface area is 113 Å². The normalized spacial score (nSPS) is 22.6. The van der Waals surface area contributed by atoms with Crippen molar-refractivity contribution in [3.63, 3.8) is 0 Å². The fraction of sp³-hybridized carbons (Fsp3) is 0.333. The number of benzene rings is 1. The number of carbonyl (C=O) groups excluding carboxylic acids is 1. The number of likely N-dealkylation sites (tertiary alicyclic amines) is 1. The van der Waals surface area contributed by atoms with Crippen LogP contribution in [0.3, 0.4) is 0 Å². The SMILES string of the molecule is O=C(O)[C@@H]1CC(O)CN1C(=O)c1ccc(Cl)c(F)c1. The number of hydrogen-bond acceptors (Lipinski definition) is 3. The molecule has 102 valence electrons. The molecule has 0 saturated carbocycles. The zero-order chi connectivity index (χ0) is 14.2. The van der Waals surface area contributed by atoms with E-state index in [0.717, 1.165) is 11.0 Å². The van der Waals surface area contributed by atoms with Gasteiger partial charge in [0.2, 0.25) is 0 Å². The van der Waals surface area contributed by atoms with E-state index in [4.69, 9.17) is 16.7 Å². The van der Waals surface area contributed by atoms with E-state index < -0.39 is 29.8 Å². The summed E-state index contributed by atoms with van der Waals surface area (Å²) in [5.74, 6) is -2.59. The van der Waals surface area contributed by atoms with Gasteiger partial charge in [0, 0.05) is 18.5 Å². The zero-order valence-corrected chi connectivity index (χ0v) is 10.5. The Balaban J connectivity index is 2.27. The quantitative estimate of drug-likeness (QED) is 0.855. The maximum Gasteiger partial charge on any atom is 0.326 e. The molecular formula is C12H11ClFNO4. The van der Waals surface area contributed by atoms with Gasteiger partial charge in [0.15, 0.2) is 0 Å². The van der Waals surface area contributed by atoms with Gasteiger partial charge in [-0.15, -0.1) is 0 Å². The minimum atomic E-state index is -1.20. The standard InChI is InChI=1S/C12H11ClFNO4/c13-8-2-1-6(3-9(8)14)11(17)15-5-7(16)4-10(15)12(18)19/h1-3,7,10,16H,4-5H2,(H,18,19)/t7?,10-/m0/s1. The molecule has 2 rings (SSSR count). The lowest BCUT2D eigenvalue weighted by atomic mass is 10.1. The van der Waals surface area contributed by atoms with E-state index in [0.29, 0.717) is 0 Å². The lowest BCUT2D eigenvalue weighted by molar-refractivity contribution is -0.141. The molecule has 1 unspecified atom stereocenters. The van der Waals surface area contributed by atoms with Crippen molar-refractivity contribution in [1.29, 1.82) is 0 Å². The van der Waals surface area contributed by atoms with Gasteiger partial charge < -0.3 is 15.1 Å². The van der Waals surface area contributed by atoms with E-state index in [1.165, 1.54) is 12.1 Å². The maximum atomic E-state index is 13.3. The number of aliphatic hydroxyl groups excluding tert-OH is 1. The monoisotopic (exact) mass is 287 g/mol. The Morgan fingerprint density at radius 3 is 2.68 bits per heavy atom. The van der Waals surface area contributed by atoms with E-state index in [2.05, 4.69) is 0 Å². The van der Waals surface area contributed by atoms with E-state index >= 15 is 0 Å². The molecule has 19 heavy (non-hydrogen) atoms. The molecule has 0 radical (unpaired) electrons. The first kappa shape index (κ1) is 13.8. The summed E-state index contributed by atoms with van der Waals surface area (Å²) in [6.07, 6.45) is -0.917. The van der Waals surface area contributed by atoms with Crippen molar-refractivity contribution in [3.8, 4) is 0 Å². The van der Waals surface area contributed by atoms with Crippen LogP contribution >= 0.6 is 11.6 Å². The summed E-state index contributed by atoms with van der Waals surface area (Å²) < 4.78 is 13.3. The fourth-order valence-corrected chi connectivity index (χ4v) is 2.18. The number of rotatable bonds is 2. The Bertz CT molecular complexity index is 536. The van der Waals surface area contributed by atoms with Crippen molar-refractivity contribution >= 4 is 23.5 Å². The van der Waals surface area contributed by atoms with Crippen molar-refractivity contribution in [2.45, 2.75) is 18.6 Å². The summed E-state index contributed by atoms with van der Waals surface area (Å²) in [6, 6.07) is 2.40. The number of β-amino-alcohol motifs (C(OH)–C–C–N with tert-alkyl or cyclic N) is 1. The summed E-state index contributed by atoms with van der Waals surface area (Å²) in [4.78, 5) is 24.2. The molecule has 1 fully saturated rings. The summed E-state index contributed by atoms with van der Waals surface area (Å²) in [5.41, 5.74) is 0.00208. The van der Waals surface area contributed by atoms with Crippen LogP contribution in [0.25, 0.3) is 0 Å². The maximum absolute atomic E-state index is 13.3. The van der Waals surface area contributed by atoms with Gasteiger partial charge in [0.1, 0.15) is 11.9 Å². The van der Waals surface area contributed by atoms with E-state index in [9.17, 15) is 19.1 Å². The number of hydrogen-bond donors (Lipinski definition) is 2. The molecular weight excluding hydrogens is 277 g/mol. The molecule has 1 aromatic carbocycles. The van der Waals surface area contributed by atoms with Crippen LogP contribution in [0.4, 0.5) is 4.39 Å². The Morgan fingerprint density at radius 1 is 1.42 bits per heavy atom. The molecule has 1 aliphatic rings. The third-order valence-electron chi connectivity index (χ3n) is 2.99. The van der Waals surface area contributed by atoms with Crippen molar-refractivity contribution in [3.05, 3.63) is 34.6 Å². The summed E-state index contributed by atoms with van der Waals surface area (Å²) in [5, 5.41) is 18.3. The highest BCUT2D eigenvalue weighted by Gasteiger charge is 2.39. The molecule has 7 heteroatoms. The fourth-order valence-electron chi connectivity index (χ4n) is 2.07. The number of carboxylic acid groups (broad SMARTS) is 1. The second-order valence-corrected chi connectivity index (χ2v) is 4.74. The van der Waals surface area contributed by atoms with Gasteiger partial charge in [0.05, 0.1) is 11.1 Å². The van der Waals surface area contributed by atoms with Crippen molar-refractivity contribution in [1.82, 2.24) is 4.90 Å². The number of carbonyl (C=O) groups is 2. The van der Waals surface area contributed by atoms with E-state index in [-0.39, 0.29) is 23.6 Å². The molecule has 2 atom stereocenters. The molecule has 2 N–H and O–H groups in total. The molecule has 0 aromatic heterocycles. The van der Waals surface area contributed by atoms with Crippen LogP contribution in [0.5, 0.6) is 0 Å². The minimum absolute atomic E-state index is 0.00208. The highest BCUT2D eigenvalue weighted by molar-refractivity contribution is 6.30. The lowest BCUT2D eigenvalue weighted by Gasteiger charge is -2.21. The summed E-state index contributed by atoms with van der Waals surface area (Å²) in [7, 11) is 0. The topological polar surface area (TPSA) is 77.8 Å². The number of aliphatic hydroxyl groups is 1. The van der Waals surface area contributed by atoms with E-state index in [1.54, 1.807) is 0 Å². The Morgan fingerprint density at radius 2 is 2.11 bits per heavy atom. The van der Waals surface area contributed by atoms with Gasteiger partial charge in [-0.05, 0) is 18.2 Å². The summed E-state index contributed by atoms with van der Waals surface area (Å²) >= 11 is 5.51. The number of amides is 1. The molecule has 1 aromatic rings. The van der Waals surface area contributed by atoms with Crippen molar-refractivity contribution in [2.75, 3.05) is 6.54 Å². The van der Waals surface area contributed by atoms with Gasteiger partial charge in [-0.25, -0.2) is 9.18 Å². The largest absolute Gasteiger partial charge is 0.480 e. The number of nitrogens with zero attached hydrogens (tertiary/aromatic N) is 1. The van der Waals surface area contributed by atoms with Crippen LogP contribution in [0, 0.1) is 5.82 Å². The van der Waals surface area contributed by atoms with Gasteiger partial charge in [-0.3, -0.25) is 4.79 Å². The third kappa shape index (κ3) is 2.69. The van der Waals surface area contributed by atoms with Crippen LogP contribution in [-0.2, 0) is 4.79 Å². The van der Waals surface area contributed by atoms with Crippen molar-refractivity contribution < 1.29 is 24.2 Å². The van der Waals surface area contributed by atoms with Gasteiger partial charge >= 0.3 is 5.97 Å². The number of carboxylic acids is 1. The molecule has 1 heterocycles. The first-order valence-electron chi connectivity index (χ1n) is 5.57. The second-order valence-electron chi connectivity index (χ2n) is 4.33. The van der Waals surface area contributed by atoms with E-state index in [1.807, 2.05) is 0 Å². The zero-order valence-electron chi connectivity index (χ0n) is 9.72. The lowest BCUT2D eigenvalue weighted by Crippen LogP contribution is -2.40. The van der Waals surface area contributed by atoms with Crippen LogP contribution in [0.2, 0.25) is 5.02 Å². The van der Waals surface area contributed by atoms with Gasteiger partial charge in [0.25, 0.3) is 5.91 Å². The number of halogens is 2. The first-order chi connectivity index (χ1) is 8.90.